The van der Waals surface area contributed by atoms with Crippen LogP contribution in [0.3, 0.4) is 0 Å². The number of nitrogens with zero attached hydrogens (tertiary/aromatic N) is 2. The van der Waals surface area contributed by atoms with Gasteiger partial charge in [0, 0.05) is 18.2 Å². The van der Waals surface area contributed by atoms with Gasteiger partial charge in [-0.2, -0.15) is 0 Å². The van der Waals surface area contributed by atoms with Gasteiger partial charge in [0.15, 0.2) is 12.2 Å². The van der Waals surface area contributed by atoms with E-state index in [9.17, 15) is 14.4 Å². The normalized spacial score (nSPS) is 15.2. The van der Waals surface area contributed by atoms with Gasteiger partial charge in [0.25, 0.3) is 11.5 Å². The molecule has 0 saturated heterocycles. The summed E-state index contributed by atoms with van der Waals surface area (Å²) < 4.78 is 1.38. The van der Waals surface area contributed by atoms with Crippen LogP contribution in [0.2, 0.25) is 0 Å². The first-order chi connectivity index (χ1) is 14.9. The van der Waals surface area contributed by atoms with E-state index in [1.807, 2.05) is 42.6 Å². The molecule has 1 fully saturated rings. The van der Waals surface area contributed by atoms with Crippen LogP contribution in [-0.2, 0) is 11.3 Å². The molecular weight excluding hydrogens is 394 g/mol. The second-order valence-electron chi connectivity index (χ2n) is 8.34. The number of nitrogen functional groups attached to an aromatic ring is 1. The Bertz CT molecular complexity index is 993. The lowest BCUT2D eigenvalue weighted by molar-refractivity contribution is -0.682. The van der Waals surface area contributed by atoms with E-state index in [0.29, 0.717) is 6.54 Å². The summed E-state index contributed by atoms with van der Waals surface area (Å²) in [4.78, 5) is 42.4. The van der Waals surface area contributed by atoms with Gasteiger partial charge in [-0.15, -0.1) is 0 Å². The Hall–Kier alpha value is -2.87. The summed E-state index contributed by atoms with van der Waals surface area (Å²) in [5.74, 6) is -0.0777. The van der Waals surface area contributed by atoms with Gasteiger partial charge in [-0.05, 0) is 26.2 Å². The summed E-state index contributed by atoms with van der Waals surface area (Å²) >= 11 is 0. The minimum Gasteiger partial charge on any atom is -0.383 e. The van der Waals surface area contributed by atoms with Crippen molar-refractivity contribution in [1.29, 1.82) is 0 Å². The average molecular weight is 429 g/mol. The third-order valence-corrected chi connectivity index (χ3v) is 6.12. The molecule has 1 aromatic heterocycles. The van der Waals surface area contributed by atoms with Crippen LogP contribution in [0.5, 0.6) is 0 Å². The van der Waals surface area contributed by atoms with Crippen molar-refractivity contribution in [3.05, 3.63) is 56.7 Å². The highest BCUT2D eigenvalue weighted by molar-refractivity contribution is 5.96. The molecule has 31 heavy (non-hydrogen) atoms. The smallest absolute Gasteiger partial charge is 0.330 e. The molecule has 1 aromatic carbocycles. The van der Waals surface area contributed by atoms with Gasteiger partial charge in [-0.25, -0.2) is 4.79 Å². The average Bonchev–Trinajstić information content (AvgIpc) is 3.29. The Morgan fingerprint density at radius 1 is 1.26 bits per heavy atom. The number of aromatic nitrogens is 2. The number of unbranched alkanes of at least 4 members (excludes halogenated alkanes) is 1. The number of H-pyrrole nitrogens is 1. The molecule has 0 unspecified atom stereocenters. The summed E-state index contributed by atoms with van der Waals surface area (Å²) in [5, 5.41) is 1.97. The Balaban J connectivity index is 1.90. The van der Waals surface area contributed by atoms with Crippen LogP contribution in [0.15, 0.2) is 39.9 Å². The van der Waals surface area contributed by atoms with E-state index in [2.05, 4.69) is 11.9 Å². The number of aromatic amines is 1. The monoisotopic (exact) mass is 428 g/mol. The fraction of sp³-hybridized carbons (Fsp3) is 0.522. The molecule has 1 amide bonds. The number of nitrogens with one attached hydrogen (secondary N) is 1. The maximum absolute atomic E-state index is 13.4. The fourth-order valence-corrected chi connectivity index (χ4v) is 4.29. The van der Waals surface area contributed by atoms with Crippen molar-refractivity contribution in [2.45, 2.75) is 71.0 Å². The first kappa shape index (κ1) is 22.8. The van der Waals surface area contributed by atoms with Crippen LogP contribution >= 0.6 is 0 Å². The Morgan fingerprint density at radius 3 is 2.58 bits per heavy atom. The number of rotatable bonds is 9. The third-order valence-electron chi connectivity index (χ3n) is 6.12. The summed E-state index contributed by atoms with van der Waals surface area (Å²) in [5.41, 5.74) is 6.45. The van der Waals surface area contributed by atoms with Gasteiger partial charge < -0.3 is 11.1 Å². The summed E-state index contributed by atoms with van der Waals surface area (Å²) in [7, 11) is 0. The van der Waals surface area contributed by atoms with Crippen LogP contribution in [0, 0.1) is 0 Å². The molecular formula is C23H34N5O3+. The molecule has 0 bridgehead atoms. The van der Waals surface area contributed by atoms with Gasteiger partial charge >= 0.3 is 5.69 Å². The van der Waals surface area contributed by atoms with E-state index < -0.39 is 11.2 Å². The molecule has 1 saturated carbocycles. The number of nitrogens with two attached hydrogens (primary N) is 2. The Kier molecular flexibility index (Phi) is 7.68. The van der Waals surface area contributed by atoms with Crippen molar-refractivity contribution >= 4 is 17.4 Å². The molecule has 0 aliphatic heterocycles. The second kappa shape index (κ2) is 10.4. The van der Waals surface area contributed by atoms with Gasteiger partial charge in [0.05, 0.1) is 0 Å². The number of amides is 1. The van der Waals surface area contributed by atoms with Crippen molar-refractivity contribution in [2.75, 3.05) is 17.2 Å². The SMILES string of the molecule is CCCCn1c(N)c(N(C(=O)C[NH2+][C@H](C)c2ccccc2)C2CCCC2)c(=O)[nH]c1=O. The van der Waals surface area contributed by atoms with E-state index in [0.717, 1.165) is 44.1 Å². The quantitative estimate of drug-likeness (QED) is 0.561. The zero-order valence-electron chi connectivity index (χ0n) is 18.5. The topological polar surface area (TPSA) is 118 Å². The van der Waals surface area contributed by atoms with E-state index in [4.69, 9.17) is 5.73 Å². The molecule has 8 nitrogen and oxygen atoms in total. The lowest BCUT2D eigenvalue weighted by Gasteiger charge is -2.29. The summed E-state index contributed by atoms with van der Waals surface area (Å²) in [6.07, 6.45) is 5.31. The van der Waals surface area contributed by atoms with Crippen molar-refractivity contribution in [1.82, 2.24) is 9.55 Å². The maximum Gasteiger partial charge on any atom is 0.330 e. The number of carbonyl (C=O) groups is 1. The van der Waals surface area contributed by atoms with Gasteiger partial charge in [-0.3, -0.25) is 24.0 Å². The predicted octanol–water partition coefficient (Wildman–Crippen LogP) is 1.52. The van der Waals surface area contributed by atoms with E-state index in [1.54, 1.807) is 4.90 Å². The highest BCUT2D eigenvalue weighted by Gasteiger charge is 2.33. The number of quaternary nitrogens is 1. The minimum absolute atomic E-state index is 0.0755. The molecule has 3 rings (SSSR count). The predicted molar refractivity (Wildman–Crippen MR) is 122 cm³/mol. The van der Waals surface area contributed by atoms with Crippen LogP contribution in [0.4, 0.5) is 11.5 Å². The number of hydrogen-bond donors (Lipinski definition) is 3. The lowest BCUT2D eigenvalue weighted by atomic mass is 10.1. The van der Waals surface area contributed by atoms with Crippen molar-refractivity contribution in [3.8, 4) is 0 Å². The highest BCUT2D eigenvalue weighted by Crippen LogP contribution is 2.29. The molecule has 1 atom stereocenters. The van der Waals surface area contributed by atoms with Crippen molar-refractivity contribution in [3.63, 3.8) is 0 Å². The summed E-state index contributed by atoms with van der Waals surface area (Å²) in [6, 6.07) is 10.0. The first-order valence-electron chi connectivity index (χ1n) is 11.3. The van der Waals surface area contributed by atoms with E-state index in [-0.39, 0.29) is 36.0 Å². The molecule has 0 radical (unpaired) electrons. The zero-order valence-corrected chi connectivity index (χ0v) is 18.5. The molecule has 5 N–H and O–H groups in total. The Morgan fingerprint density at radius 2 is 1.94 bits per heavy atom. The minimum atomic E-state index is -0.591. The maximum atomic E-state index is 13.4. The zero-order chi connectivity index (χ0) is 22.4. The van der Waals surface area contributed by atoms with Gasteiger partial charge in [-0.1, -0.05) is 56.5 Å². The first-order valence-corrected chi connectivity index (χ1v) is 11.3. The van der Waals surface area contributed by atoms with Gasteiger partial charge in [0.2, 0.25) is 0 Å². The fourth-order valence-electron chi connectivity index (χ4n) is 4.29. The number of carbonyl (C=O) groups excluding carboxylic acids is 1. The lowest BCUT2D eigenvalue weighted by Crippen LogP contribution is -2.87. The van der Waals surface area contributed by atoms with Crippen LogP contribution in [0.25, 0.3) is 0 Å². The molecule has 1 heterocycles. The van der Waals surface area contributed by atoms with Gasteiger partial charge in [0.1, 0.15) is 11.9 Å². The standard InChI is InChI=1S/C23H33N5O3/c1-3-4-14-27-21(24)20(22(30)26-23(27)31)28(18-12-8-9-13-18)19(29)15-25-16(2)17-10-6-5-7-11-17/h5-7,10-11,16,18,25H,3-4,8-9,12-15,24H2,1-2H3,(H,26,30,31)/p+1/t16-/m1/s1. The third kappa shape index (κ3) is 5.25. The molecule has 2 aromatic rings. The van der Waals surface area contributed by atoms with Crippen molar-refractivity contribution < 1.29 is 10.1 Å². The molecule has 1 aliphatic carbocycles. The van der Waals surface area contributed by atoms with E-state index in [1.165, 1.54) is 4.57 Å². The van der Waals surface area contributed by atoms with Crippen LogP contribution < -0.4 is 27.2 Å². The second-order valence-corrected chi connectivity index (χ2v) is 8.34. The van der Waals surface area contributed by atoms with Crippen LogP contribution in [-0.4, -0.2) is 28.0 Å². The number of hydrogen-bond acceptors (Lipinski definition) is 4. The Labute approximate surface area is 182 Å². The molecule has 1 aliphatic rings. The molecule has 8 heteroatoms. The van der Waals surface area contributed by atoms with Crippen LogP contribution in [0.1, 0.15) is 64.0 Å². The number of anilines is 2. The highest BCUT2D eigenvalue weighted by atomic mass is 16.2. The summed E-state index contributed by atoms with van der Waals surface area (Å²) in [6.45, 7) is 4.68. The molecule has 168 valence electrons. The molecule has 0 spiro atoms. The van der Waals surface area contributed by atoms with Crippen molar-refractivity contribution in [2.24, 2.45) is 0 Å². The largest absolute Gasteiger partial charge is 0.383 e. The van der Waals surface area contributed by atoms with E-state index >= 15 is 0 Å². The number of benzene rings is 1.